The van der Waals surface area contributed by atoms with E-state index >= 15 is 0 Å². The molecule has 14 heavy (non-hydrogen) atoms. The minimum absolute atomic E-state index is 0.352. The SMILES string of the molecule is CNC(c1ccc(Br)s1)C1CCCO1. The normalized spacial score (nSPS) is 24.0. The topological polar surface area (TPSA) is 21.3 Å². The first-order valence-corrected chi connectivity index (χ1v) is 6.46. The Kier molecular flexibility index (Phi) is 3.60. The maximum Gasteiger partial charge on any atom is 0.0778 e. The first-order valence-electron chi connectivity index (χ1n) is 4.85. The monoisotopic (exact) mass is 275 g/mol. The molecule has 2 unspecified atom stereocenters. The Morgan fingerprint density at radius 1 is 1.64 bits per heavy atom. The number of ether oxygens (including phenoxy) is 1. The lowest BCUT2D eigenvalue weighted by Gasteiger charge is -2.20. The molecule has 2 rings (SSSR count). The largest absolute Gasteiger partial charge is 0.376 e. The van der Waals surface area contributed by atoms with Gasteiger partial charge in [-0.2, -0.15) is 0 Å². The van der Waals surface area contributed by atoms with E-state index in [1.165, 1.54) is 21.5 Å². The van der Waals surface area contributed by atoms with Crippen LogP contribution in [0.4, 0.5) is 0 Å². The predicted molar refractivity (Wildman–Crippen MR) is 62.8 cm³/mol. The summed E-state index contributed by atoms with van der Waals surface area (Å²) in [6.45, 7) is 0.912. The quantitative estimate of drug-likeness (QED) is 0.916. The fourth-order valence-electron chi connectivity index (χ4n) is 1.87. The molecule has 1 saturated heterocycles. The van der Waals surface area contributed by atoms with Crippen molar-refractivity contribution in [3.8, 4) is 0 Å². The summed E-state index contributed by atoms with van der Waals surface area (Å²) < 4.78 is 6.88. The average Bonchev–Trinajstić information content (AvgIpc) is 2.79. The Morgan fingerprint density at radius 2 is 2.50 bits per heavy atom. The van der Waals surface area contributed by atoms with Crippen molar-refractivity contribution >= 4 is 27.3 Å². The molecular weight excluding hydrogens is 262 g/mol. The predicted octanol–water partition coefficient (Wildman–Crippen LogP) is 2.95. The summed E-state index contributed by atoms with van der Waals surface area (Å²) in [5, 5.41) is 3.34. The van der Waals surface area contributed by atoms with Crippen LogP contribution in [0.5, 0.6) is 0 Å². The van der Waals surface area contributed by atoms with Gasteiger partial charge in [-0.1, -0.05) is 0 Å². The van der Waals surface area contributed by atoms with Gasteiger partial charge in [0.25, 0.3) is 0 Å². The van der Waals surface area contributed by atoms with E-state index in [9.17, 15) is 0 Å². The van der Waals surface area contributed by atoms with E-state index in [-0.39, 0.29) is 0 Å². The maximum atomic E-state index is 5.70. The highest BCUT2D eigenvalue weighted by Gasteiger charge is 2.26. The summed E-state index contributed by atoms with van der Waals surface area (Å²) in [5.74, 6) is 0. The summed E-state index contributed by atoms with van der Waals surface area (Å²) >= 11 is 5.27. The van der Waals surface area contributed by atoms with Crippen molar-refractivity contribution in [2.45, 2.75) is 25.0 Å². The fraction of sp³-hybridized carbons (Fsp3) is 0.600. The molecule has 1 aromatic rings. The Balaban J connectivity index is 2.12. The van der Waals surface area contributed by atoms with Gasteiger partial charge in [0, 0.05) is 11.5 Å². The van der Waals surface area contributed by atoms with Gasteiger partial charge >= 0.3 is 0 Å². The van der Waals surface area contributed by atoms with Gasteiger partial charge < -0.3 is 10.1 Å². The van der Waals surface area contributed by atoms with E-state index in [1.807, 2.05) is 7.05 Å². The third-order valence-electron chi connectivity index (χ3n) is 2.55. The summed E-state index contributed by atoms with van der Waals surface area (Å²) in [5.41, 5.74) is 0. The molecule has 1 fully saturated rings. The first-order chi connectivity index (χ1) is 6.81. The molecule has 78 valence electrons. The average molecular weight is 276 g/mol. The van der Waals surface area contributed by atoms with Crippen LogP contribution in [0.25, 0.3) is 0 Å². The zero-order valence-corrected chi connectivity index (χ0v) is 10.5. The van der Waals surface area contributed by atoms with E-state index < -0.39 is 0 Å². The zero-order valence-electron chi connectivity index (χ0n) is 8.13. The minimum Gasteiger partial charge on any atom is -0.376 e. The molecule has 4 heteroatoms. The molecule has 2 nitrogen and oxygen atoms in total. The second kappa shape index (κ2) is 4.75. The third kappa shape index (κ3) is 2.19. The van der Waals surface area contributed by atoms with Gasteiger partial charge in [-0.3, -0.25) is 0 Å². The van der Waals surface area contributed by atoms with Crippen molar-refractivity contribution < 1.29 is 4.74 Å². The molecule has 2 atom stereocenters. The van der Waals surface area contributed by atoms with Crippen molar-refractivity contribution in [1.82, 2.24) is 5.32 Å². The highest BCUT2D eigenvalue weighted by molar-refractivity contribution is 9.11. The van der Waals surface area contributed by atoms with Gasteiger partial charge in [-0.05, 0) is 48.0 Å². The summed E-state index contributed by atoms with van der Waals surface area (Å²) in [4.78, 5) is 1.35. The van der Waals surface area contributed by atoms with Gasteiger partial charge in [0.05, 0.1) is 15.9 Å². The lowest BCUT2D eigenvalue weighted by molar-refractivity contribution is 0.0818. The number of hydrogen-bond acceptors (Lipinski definition) is 3. The number of rotatable bonds is 3. The Bertz CT molecular complexity index is 296. The molecule has 0 radical (unpaired) electrons. The molecule has 1 aliphatic rings. The van der Waals surface area contributed by atoms with Crippen LogP contribution in [0.3, 0.4) is 0 Å². The molecule has 1 N–H and O–H groups in total. The number of halogens is 1. The molecule has 0 amide bonds. The smallest absolute Gasteiger partial charge is 0.0778 e. The number of likely N-dealkylation sites (N-methyl/N-ethyl adjacent to an activating group) is 1. The lowest BCUT2D eigenvalue weighted by Crippen LogP contribution is -2.28. The number of nitrogens with one attached hydrogen (secondary N) is 1. The highest BCUT2D eigenvalue weighted by atomic mass is 79.9. The molecule has 2 heterocycles. The van der Waals surface area contributed by atoms with Crippen molar-refractivity contribution in [2.24, 2.45) is 0 Å². The summed E-state index contributed by atoms with van der Waals surface area (Å²) in [7, 11) is 2.00. The third-order valence-corrected chi connectivity index (χ3v) is 4.25. The molecule has 1 aliphatic heterocycles. The number of thiophene rings is 1. The van der Waals surface area contributed by atoms with Crippen LogP contribution in [-0.2, 0) is 4.74 Å². The van der Waals surface area contributed by atoms with E-state index in [1.54, 1.807) is 11.3 Å². The van der Waals surface area contributed by atoms with Crippen LogP contribution in [0.15, 0.2) is 15.9 Å². The van der Waals surface area contributed by atoms with E-state index in [2.05, 4.69) is 33.4 Å². The van der Waals surface area contributed by atoms with Crippen LogP contribution in [-0.4, -0.2) is 19.8 Å². The van der Waals surface area contributed by atoms with Crippen molar-refractivity contribution in [1.29, 1.82) is 0 Å². The van der Waals surface area contributed by atoms with E-state index in [0.717, 1.165) is 6.61 Å². The Labute approximate surface area is 96.8 Å². The second-order valence-electron chi connectivity index (χ2n) is 3.46. The van der Waals surface area contributed by atoms with Crippen LogP contribution in [0.1, 0.15) is 23.8 Å². The number of hydrogen-bond donors (Lipinski definition) is 1. The van der Waals surface area contributed by atoms with Gasteiger partial charge in [-0.15, -0.1) is 11.3 Å². The van der Waals surface area contributed by atoms with Crippen LogP contribution >= 0.6 is 27.3 Å². The van der Waals surface area contributed by atoms with Crippen molar-refractivity contribution in [2.75, 3.05) is 13.7 Å². The minimum atomic E-state index is 0.352. The molecule has 0 bridgehead atoms. The summed E-state index contributed by atoms with van der Waals surface area (Å²) in [6.07, 6.45) is 2.71. The van der Waals surface area contributed by atoms with Gasteiger partial charge in [0.15, 0.2) is 0 Å². The summed E-state index contributed by atoms with van der Waals surface area (Å²) in [6, 6.07) is 4.62. The van der Waals surface area contributed by atoms with E-state index in [4.69, 9.17) is 4.74 Å². The molecule has 0 saturated carbocycles. The lowest BCUT2D eigenvalue weighted by atomic mass is 10.1. The molecule has 0 spiro atoms. The van der Waals surface area contributed by atoms with Gasteiger partial charge in [0.1, 0.15) is 0 Å². The fourth-order valence-corrected chi connectivity index (χ4v) is 3.46. The maximum absolute atomic E-state index is 5.70. The van der Waals surface area contributed by atoms with Crippen molar-refractivity contribution in [3.63, 3.8) is 0 Å². The van der Waals surface area contributed by atoms with Gasteiger partial charge in [0.2, 0.25) is 0 Å². The standard InChI is InChI=1S/C10H14BrNOS/c1-12-10(7-3-2-6-13-7)8-4-5-9(11)14-8/h4-5,7,10,12H,2-3,6H2,1H3. The Morgan fingerprint density at radius 3 is 3.00 bits per heavy atom. The molecule has 1 aromatic heterocycles. The van der Waals surface area contributed by atoms with Crippen LogP contribution < -0.4 is 5.32 Å². The Hall–Kier alpha value is 0.1000. The van der Waals surface area contributed by atoms with Crippen molar-refractivity contribution in [3.05, 3.63) is 20.8 Å². The molecular formula is C10H14BrNOS. The van der Waals surface area contributed by atoms with Crippen LogP contribution in [0.2, 0.25) is 0 Å². The van der Waals surface area contributed by atoms with Crippen LogP contribution in [0, 0.1) is 0 Å². The first kappa shape index (κ1) is 10.6. The van der Waals surface area contributed by atoms with E-state index in [0.29, 0.717) is 12.1 Å². The molecule has 0 aliphatic carbocycles. The zero-order chi connectivity index (χ0) is 9.97. The van der Waals surface area contributed by atoms with Gasteiger partial charge in [-0.25, -0.2) is 0 Å². The highest BCUT2D eigenvalue weighted by Crippen LogP contribution is 2.32. The molecule has 0 aromatic carbocycles. The second-order valence-corrected chi connectivity index (χ2v) is 5.95.